The Labute approximate surface area is 268 Å². The number of carboxylic acid groups (broad SMARTS) is 3. The van der Waals surface area contributed by atoms with Gasteiger partial charge in [0.15, 0.2) is 0 Å². The molecule has 0 amide bonds. The molecular formula is C34H37BrN4O6. The molecule has 45 heavy (non-hydrogen) atoms. The number of hydrogen-bond donors (Lipinski definition) is 5. The molecule has 3 aromatic rings. The van der Waals surface area contributed by atoms with Gasteiger partial charge in [0.05, 0.1) is 34.6 Å². The lowest BCUT2D eigenvalue weighted by atomic mass is 9.85. The van der Waals surface area contributed by atoms with E-state index in [0.29, 0.717) is 34.6 Å². The number of allylic oxidation sites excluding steroid dienone is 2. The van der Waals surface area contributed by atoms with Crippen molar-refractivity contribution in [3.05, 3.63) is 68.8 Å². The van der Waals surface area contributed by atoms with Crippen molar-refractivity contribution in [2.45, 2.75) is 83.9 Å². The van der Waals surface area contributed by atoms with Crippen LogP contribution >= 0.6 is 15.9 Å². The molecule has 3 aromatic heterocycles. The van der Waals surface area contributed by atoms with Gasteiger partial charge in [-0.25, -0.2) is 9.78 Å². The zero-order valence-corrected chi connectivity index (χ0v) is 27.7. The smallest absolute Gasteiger partial charge is 0.338 e. The van der Waals surface area contributed by atoms with Crippen LogP contribution in [-0.4, -0.2) is 53.2 Å². The standard InChI is InChI=1S/C34H37BrN4O6/c1-7-19-14(2)22-13-27-30(18(6)35)16(4)24(37-27)11-23-15(3)20(8-9-28(40)41)32(38-23)21(10-29(42)43)33-31(34(44)45)17(5)25(39-33)12-26(19)36-22/h11-13,15,18,20,37,39H,7-10H2,1-6H3,(H,40,41)(H,42,43)(H,44,45)/t15-,18?,20-/m0/s1. The zero-order valence-electron chi connectivity index (χ0n) is 26.1. The number of H-pyrrole nitrogens is 2. The predicted octanol–water partition coefficient (Wildman–Crippen LogP) is 7.81. The molecule has 5 rings (SSSR count). The molecule has 5 N–H and O–H groups in total. The summed E-state index contributed by atoms with van der Waals surface area (Å²) in [5.74, 6) is -4.04. The molecule has 236 valence electrons. The van der Waals surface area contributed by atoms with Crippen LogP contribution in [0.3, 0.4) is 0 Å². The summed E-state index contributed by atoms with van der Waals surface area (Å²) in [7, 11) is 0. The molecule has 0 aromatic carbocycles. The van der Waals surface area contributed by atoms with E-state index in [2.05, 4.69) is 32.8 Å². The number of nitrogens with zero attached hydrogens (tertiary/aromatic N) is 2. The number of alkyl halides is 1. The molecular weight excluding hydrogens is 640 g/mol. The van der Waals surface area contributed by atoms with Crippen LogP contribution in [0.2, 0.25) is 0 Å². The first kappa shape index (κ1) is 32.2. The molecule has 5 heterocycles. The normalized spacial score (nSPS) is 17.0. The Balaban J connectivity index is 2.05. The van der Waals surface area contributed by atoms with Crippen molar-refractivity contribution in [3.8, 4) is 0 Å². The van der Waals surface area contributed by atoms with Gasteiger partial charge in [-0.15, -0.1) is 0 Å². The van der Waals surface area contributed by atoms with E-state index in [0.717, 1.165) is 39.0 Å². The summed E-state index contributed by atoms with van der Waals surface area (Å²) in [5.41, 5.74) is 9.71. The Hall–Kier alpha value is -4.25. The number of aliphatic carboxylic acids is 2. The molecule has 0 radical (unpaired) electrons. The largest absolute Gasteiger partial charge is 0.481 e. The first-order valence-electron chi connectivity index (χ1n) is 15.0. The third-order valence-corrected chi connectivity index (χ3v) is 9.60. The highest BCUT2D eigenvalue weighted by Gasteiger charge is 2.33. The number of rotatable bonds is 8. The Kier molecular flexibility index (Phi) is 8.77. The summed E-state index contributed by atoms with van der Waals surface area (Å²) < 4.78 is 0. The van der Waals surface area contributed by atoms with Gasteiger partial charge in [-0.05, 0) is 86.6 Å². The monoisotopic (exact) mass is 676 g/mol. The molecule has 8 bridgehead atoms. The summed E-state index contributed by atoms with van der Waals surface area (Å²) in [6.45, 7) is 11.8. The maximum absolute atomic E-state index is 12.7. The van der Waals surface area contributed by atoms with Gasteiger partial charge >= 0.3 is 17.9 Å². The van der Waals surface area contributed by atoms with Crippen LogP contribution in [0, 0.1) is 13.8 Å². The number of aryl methyl sites for hydroxylation is 2. The zero-order chi connectivity index (χ0) is 32.9. The van der Waals surface area contributed by atoms with Crippen molar-refractivity contribution in [2.75, 3.05) is 0 Å². The highest BCUT2D eigenvalue weighted by molar-refractivity contribution is 9.09. The third-order valence-electron chi connectivity index (χ3n) is 9.14. The van der Waals surface area contributed by atoms with Crippen molar-refractivity contribution in [3.63, 3.8) is 0 Å². The fourth-order valence-corrected chi connectivity index (χ4v) is 7.37. The van der Waals surface area contributed by atoms with Gasteiger partial charge in [-0.2, -0.15) is 0 Å². The Morgan fingerprint density at radius 3 is 2.20 bits per heavy atom. The van der Waals surface area contributed by atoms with E-state index in [4.69, 9.17) is 9.97 Å². The Morgan fingerprint density at radius 1 is 0.933 bits per heavy atom. The summed E-state index contributed by atoms with van der Waals surface area (Å²) in [5, 5.41) is 30.0. The number of carboxylic acids is 3. The minimum absolute atomic E-state index is 0.0224. The summed E-state index contributed by atoms with van der Waals surface area (Å²) in [4.78, 5) is 53.5. The third kappa shape index (κ3) is 5.81. The van der Waals surface area contributed by atoms with E-state index in [9.17, 15) is 29.7 Å². The Morgan fingerprint density at radius 2 is 1.60 bits per heavy atom. The maximum Gasteiger partial charge on any atom is 0.338 e. The van der Waals surface area contributed by atoms with Crippen LogP contribution in [0.1, 0.15) is 119 Å². The van der Waals surface area contributed by atoms with E-state index in [1.807, 2.05) is 45.9 Å². The summed E-state index contributed by atoms with van der Waals surface area (Å²) in [6, 6.07) is 5.80. The van der Waals surface area contributed by atoms with Crippen molar-refractivity contribution >= 4 is 67.1 Å². The number of carbonyl (C=O) groups is 3. The number of hydrogen-bond acceptors (Lipinski definition) is 5. The first-order chi connectivity index (χ1) is 21.2. The molecule has 0 spiro atoms. The van der Waals surface area contributed by atoms with Gasteiger partial charge < -0.3 is 25.3 Å². The van der Waals surface area contributed by atoms with E-state index < -0.39 is 30.2 Å². The van der Waals surface area contributed by atoms with Crippen LogP contribution < -0.4 is 0 Å². The fraction of sp³-hybridized carbons (Fsp3) is 0.382. The minimum Gasteiger partial charge on any atom is -0.481 e. The average molecular weight is 678 g/mol. The lowest BCUT2D eigenvalue weighted by molar-refractivity contribution is -0.138. The molecule has 11 heteroatoms. The number of aromatic amines is 2. The van der Waals surface area contributed by atoms with Crippen LogP contribution in [0.15, 0.2) is 18.2 Å². The van der Waals surface area contributed by atoms with Crippen LogP contribution in [0.25, 0.3) is 33.2 Å². The number of aromatic carboxylic acids is 1. The van der Waals surface area contributed by atoms with Crippen LogP contribution in [0.4, 0.5) is 0 Å². The van der Waals surface area contributed by atoms with Crippen molar-refractivity contribution in [1.82, 2.24) is 19.9 Å². The number of aromatic nitrogens is 4. The topological polar surface area (TPSA) is 169 Å². The number of halogens is 1. The highest BCUT2D eigenvalue weighted by atomic mass is 79.9. The summed E-state index contributed by atoms with van der Waals surface area (Å²) >= 11 is 3.76. The lowest BCUT2D eigenvalue weighted by Crippen LogP contribution is -2.11. The molecule has 0 saturated heterocycles. The molecule has 3 atom stereocenters. The Bertz CT molecular complexity index is 1950. The number of fused-ring (bicyclic) bond motifs is 8. The maximum atomic E-state index is 12.7. The van der Waals surface area contributed by atoms with E-state index >= 15 is 0 Å². The van der Waals surface area contributed by atoms with E-state index in [1.54, 1.807) is 6.92 Å². The highest BCUT2D eigenvalue weighted by Crippen LogP contribution is 2.43. The van der Waals surface area contributed by atoms with E-state index in [-0.39, 0.29) is 40.2 Å². The van der Waals surface area contributed by atoms with Crippen molar-refractivity contribution in [2.24, 2.45) is 0 Å². The molecule has 1 unspecified atom stereocenters. The molecule has 0 aliphatic carbocycles. The quantitative estimate of drug-likeness (QED) is 0.150. The second-order valence-electron chi connectivity index (χ2n) is 11.9. The molecule has 2 aliphatic heterocycles. The first-order valence-corrected chi connectivity index (χ1v) is 15.9. The van der Waals surface area contributed by atoms with Gasteiger partial charge in [-0.1, -0.05) is 29.8 Å². The average Bonchev–Trinajstić information content (AvgIpc) is 3.63. The SMILES string of the molecule is CCC1=C(C)c2cc3[nH]c(cc4nc(c(CC(=O)O)c5[nH]c(cc1n2)c(C)c5C(=O)O)[C@@H](CCC(=O)O)[C@@H]4C)c(C)c3C(C)Br. The predicted molar refractivity (Wildman–Crippen MR) is 177 cm³/mol. The second-order valence-corrected chi connectivity index (χ2v) is 13.3. The van der Waals surface area contributed by atoms with Crippen LogP contribution in [0.5, 0.6) is 0 Å². The van der Waals surface area contributed by atoms with Gasteiger partial charge in [0.2, 0.25) is 0 Å². The van der Waals surface area contributed by atoms with Crippen molar-refractivity contribution < 1.29 is 29.7 Å². The lowest BCUT2D eigenvalue weighted by Gasteiger charge is -2.17. The molecule has 0 fully saturated rings. The van der Waals surface area contributed by atoms with Crippen molar-refractivity contribution in [1.29, 1.82) is 0 Å². The minimum atomic E-state index is -1.20. The van der Waals surface area contributed by atoms with Gasteiger partial charge in [-0.3, -0.25) is 14.6 Å². The second kappa shape index (κ2) is 12.3. The van der Waals surface area contributed by atoms with Crippen LogP contribution in [-0.2, 0) is 16.0 Å². The van der Waals surface area contributed by atoms with Gasteiger partial charge in [0.1, 0.15) is 0 Å². The molecule has 2 aliphatic rings. The molecule has 0 saturated carbocycles. The number of nitrogens with one attached hydrogen (secondary N) is 2. The summed E-state index contributed by atoms with van der Waals surface area (Å²) in [6.07, 6.45) is 0.274. The molecule has 10 nitrogen and oxygen atoms in total. The van der Waals surface area contributed by atoms with E-state index in [1.165, 1.54) is 0 Å². The van der Waals surface area contributed by atoms with Gasteiger partial charge in [0, 0.05) is 50.9 Å². The fourth-order valence-electron chi connectivity index (χ4n) is 6.78. The van der Waals surface area contributed by atoms with Gasteiger partial charge in [0.25, 0.3) is 0 Å².